The van der Waals surface area contributed by atoms with Gasteiger partial charge in [-0.25, -0.2) is 0 Å². The molecule has 0 saturated heterocycles. The van der Waals surface area contributed by atoms with E-state index < -0.39 is 0 Å². The van der Waals surface area contributed by atoms with Gasteiger partial charge in [-0.2, -0.15) is 0 Å². The first-order valence-corrected chi connectivity index (χ1v) is 4.60. The average molecular weight is 239 g/mol. The number of rotatable bonds is 3. The fraction of sp³-hybridized carbons (Fsp3) is 0.125. The van der Waals surface area contributed by atoms with Crippen molar-refractivity contribution in [2.45, 2.75) is 0 Å². The van der Waals surface area contributed by atoms with Gasteiger partial charge in [-0.15, -0.1) is 0 Å². The molecule has 5 heteroatoms. The maximum absolute atomic E-state index is 10.1. The fourth-order valence-corrected chi connectivity index (χ4v) is 1.81. The molecule has 0 aliphatic rings. The van der Waals surface area contributed by atoms with E-state index in [2.05, 4.69) is 5.32 Å². The molecule has 0 spiro atoms. The first kappa shape index (κ1) is 10.6. The molecule has 0 saturated carbocycles. The molecule has 1 N–H and O–H groups in total. The normalized spacial score (nSPS) is 9.77. The van der Waals surface area contributed by atoms with Crippen molar-refractivity contribution in [3.05, 3.63) is 27.2 Å². The Morgan fingerprint density at radius 1 is 1.23 bits per heavy atom. The summed E-state index contributed by atoms with van der Waals surface area (Å²) in [5, 5.41) is 4.04. The Morgan fingerprint density at radius 2 is 1.77 bits per heavy atom. The second kappa shape index (κ2) is 4.70. The van der Waals surface area contributed by atoms with Crippen molar-refractivity contribution in [1.29, 1.82) is 0 Å². The minimum atomic E-state index is 0.168. The SMILES string of the molecule is O=CCNc1c(Cl)cc(Cl)cc1Cl. The van der Waals surface area contributed by atoms with Gasteiger partial charge in [-0.05, 0) is 12.1 Å². The Balaban J connectivity index is 2.98. The van der Waals surface area contributed by atoms with Crippen molar-refractivity contribution in [3.8, 4) is 0 Å². The highest BCUT2D eigenvalue weighted by atomic mass is 35.5. The van der Waals surface area contributed by atoms with Crippen LogP contribution in [0.2, 0.25) is 15.1 Å². The van der Waals surface area contributed by atoms with Gasteiger partial charge in [0.25, 0.3) is 0 Å². The van der Waals surface area contributed by atoms with Gasteiger partial charge in [0, 0.05) is 5.02 Å². The van der Waals surface area contributed by atoms with E-state index in [9.17, 15) is 4.79 Å². The smallest absolute Gasteiger partial charge is 0.139 e. The summed E-state index contributed by atoms with van der Waals surface area (Å²) in [4.78, 5) is 10.1. The molecule has 1 aromatic rings. The molecule has 0 aliphatic carbocycles. The summed E-state index contributed by atoms with van der Waals surface area (Å²) in [6.45, 7) is 0.168. The number of nitrogens with one attached hydrogen (secondary N) is 1. The van der Waals surface area contributed by atoms with E-state index in [0.29, 0.717) is 20.8 Å². The van der Waals surface area contributed by atoms with Crippen molar-refractivity contribution < 1.29 is 4.79 Å². The lowest BCUT2D eigenvalue weighted by molar-refractivity contribution is -0.106. The van der Waals surface area contributed by atoms with Crippen LogP contribution in [-0.2, 0) is 4.79 Å². The Bertz CT molecular complexity index is 304. The highest BCUT2D eigenvalue weighted by molar-refractivity contribution is 6.41. The van der Waals surface area contributed by atoms with Crippen LogP contribution in [0, 0.1) is 0 Å². The molecule has 1 rings (SSSR count). The van der Waals surface area contributed by atoms with Crippen LogP contribution in [0.25, 0.3) is 0 Å². The molecule has 0 unspecified atom stereocenters. The zero-order valence-electron chi connectivity index (χ0n) is 6.48. The van der Waals surface area contributed by atoms with Gasteiger partial charge in [0.05, 0.1) is 22.3 Å². The van der Waals surface area contributed by atoms with Crippen molar-refractivity contribution in [1.82, 2.24) is 0 Å². The van der Waals surface area contributed by atoms with Crippen LogP contribution >= 0.6 is 34.8 Å². The monoisotopic (exact) mass is 237 g/mol. The summed E-state index contributed by atoms with van der Waals surface area (Å²) >= 11 is 17.3. The van der Waals surface area contributed by atoms with Crippen molar-refractivity contribution in [2.75, 3.05) is 11.9 Å². The molecule has 1 aromatic carbocycles. The standard InChI is InChI=1S/C8H6Cl3NO/c9-5-3-6(10)8(7(11)4-5)12-1-2-13/h2-4,12H,1H2. The second-order valence-corrected chi connectivity index (χ2v) is 3.54. The number of carbonyl (C=O) groups excluding carboxylic acids is 1. The molecule has 0 aromatic heterocycles. The van der Waals surface area contributed by atoms with Crippen LogP contribution in [0.5, 0.6) is 0 Å². The maximum atomic E-state index is 10.1. The summed E-state index contributed by atoms with van der Waals surface area (Å²) in [5.41, 5.74) is 0.528. The van der Waals surface area contributed by atoms with E-state index in [1.807, 2.05) is 0 Å². The molecule has 0 heterocycles. The van der Waals surface area contributed by atoms with E-state index >= 15 is 0 Å². The first-order valence-electron chi connectivity index (χ1n) is 3.47. The van der Waals surface area contributed by atoms with E-state index in [0.717, 1.165) is 6.29 Å². The molecule has 0 radical (unpaired) electrons. The van der Waals surface area contributed by atoms with Gasteiger partial charge in [0.2, 0.25) is 0 Å². The highest BCUT2D eigenvalue weighted by Gasteiger charge is 2.06. The quantitative estimate of drug-likeness (QED) is 0.819. The Labute approximate surface area is 90.8 Å². The average Bonchev–Trinajstić information content (AvgIpc) is 2.02. The molecule has 0 aliphatic heterocycles. The number of halogens is 3. The highest BCUT2D eigenvalue weighted by Crippen LogP contribution is 2.33. The van der Waals surface area contributed by atoms with Crippen LogP contribution in [0.15, 0.2) is 12.1 Å². The Kier molecular flexibility index (Phi) is 3.85. The number of benzene rings is 1. The number of hydrogen-bond acceptors (Lipinski definition) is 2. The van der Waals surface area contributed by atoms with Gasteiger partial charge < -0.3 is 10.1 Å². The first-order chi connectivity index (χ1) is 6.15. The molecule has 2 nitrogen and oxygen atoms in total. The molecule has 0 amide bonds. The Morgan fingerprint density at radius 3 is 2.23 bits per heavy atom. The minimum absolute atomic E-state index is 0.168. The minimum Gasteiger partial charge on any atom is -0.376 e. The lowest BCUT2D eigenvalue weighted by atomic mass is 10.3. The third-order valence-corrected chi connectivity index (χ3v) is 2.18. The van der Waals surface area contributed by atoms with E-state index in [4.69, 9.17) is 34.8 Å². The van der Waals surface area contributed by atoms with Crippen LogP contribution in [-0.4, -0.2) is 12.8 Å². The largest absolute Gasteiger partial charge is 0.376 e. The molecule has 70 valence electrons. The summed E-state index contributed by atoms with van der Waals surface area (Å²) in [6.07, 6.45) is 0.723. The molecular weight excluding hydrogens is 232 g/mol. The van der Waals surface area contributed by atoms with Gasteiger partial charge in [0.1, 0.15) is 6.29 Å². The van der Waals surface area contributed by atoms with Crippen LogP contribution in [0.1, 0.15) is 0 Å². The maximum Gasteiger partial charge on any atom is 0.139 e. The lowest BCUT2D eigenvalue weighted by Gasteiger charge is -2.07. The third-order valence-electron chi connectivity index (χ3n) is 1.37. The van der Waals surface area contributed by atoms with Crippen molar-refractivity contribution in [3.63, 3.8) is 0 Å². The number of aldehydes is 1. The Hall–Kier alpha value is -0.440. The fourth-order valence-electron chi connectivity index (χ4n) is 0.855. The zero-order chi connectivity index (χ0) is 9.84. The van der Waals surface area contributed by atoms with Crippen molar-refractivity contribution >= 4 is 46.8 Å². The van der Waals surface area contributed by atoms with Crippen molar-refractivity contribution in [2.24, 2.45) is 0 Å². The molecule has 0 fully saturated rings. The zero-order valence-corrected chi connectivity index (χ0v) is 8.75. The van der Waals surface area contributed by atoms with Gasteiger partial charge in [-0.3, -0.25) is 0 Å². The van der Waals surface area contributed by atoms with Gasteiger partial charge in [-0.1, -0.05) is 34.8 Å². The third kappa shape index (κ3) is 2.76. The summed E-state index contributed by atoms with van der Waals surface area (Å²) < 4.78 is 0. The van der Waals surface area contributed by atoms with E-state index in [1.54, 1.807) is 12.1 Å². The van der Waals surface area contributed by atoms with Gasteiger partial charge in [0.15, 0.2) is 0 Å². The van der Waals surface area contributed by atoms with Crippen LogP contribution < -0.4 is 5.32 Å². The summed E-state index contributed by atoms with van der Waals surface area (Å²) in [6, 6.07) is 3.12. The topological polar surface area (TPSA) is 29.1 Å². The van der Waals surface area contributed by atoms with Crippen LogP contribution in [0.3, 0.4) is 0 Å². The number of anilines is 1. The second-order valence-electron chi connectivity index (χ2n) is 2.29. The number of hydrogen-bond donors (Lipinski definition) is 1. The lowest BCUT2D eigenvalue weighted by Crippen LogP contribution is -2.03. The van der Waals surface area contributed by atoms with Gasteiger partial charge >= 0.3 is 0 Å². The van der Waals surface area contributed by atoms with Crippen LogP contribution in [0.4, 0.5) is 5.69 Å². The molecular formula is C8H6Cl3NO. The summed E-state index contributed by atoms with van der Waals surface area (Å²) in [7, 11) is 0. The van der Waals surface area contributed by atoms with E-state index in [-0.39, 0.29) is 6.54 Å². The molecule has 0 bridgehead atoms. The number of carbonyl (C=O) groups is 1. The molecule has 13 heavy (non-hydrogen) atoms. The summed E-state index contributed by atoms with van der Waals surface area (Å²) in [5.74, 6) is 0. The molecule has 0 atom stereocenters. The van der Waals surface area contributed by atoms with E-state index in [1.165, 1.54) is 0 Å². The predicted octanol–water partition coefficient (Wildman–Crippen LogP) is 3.26. The predicted molar refractivity (Wildman–Crippen MR) is 56.0 cm³/mol.